The molecule has 35 heavy (non-hydrogen) atoms. The van der Waals surface area contributed by atoms with Crippen LogP contribution in [0.15, 0.2) is 72.8 Å². The summed E-state index contributed by atoms with van der Waals surface area (Å²) in [7, 11) is 0. The van der Waals surface area contributed by atoms with Gasteiger partial charge in [0.25, 0.3) is 11.8 Å². The van der Waals surface area contributed by atoms with Gasteiger partial charge in [0, 0.05) is 41.3 Å². The average molecular weight is 473 g/mol. The fourth-order valence-electron chi connectivity index (χ4n) is 3.73. The molecule has 0 saturated carbocycles. The highest BCUT2D eigenvalue weighted by atomic mass is 16.5. The number of nitrogens with one attached hydrogen (secondary N) is 3. The molecule has 0 bridgehead atoms. The highest BCUT2D eigenvalue weighted by molar-refractivity contribution is 6.04. The van der Waals surface area contributed by atoms with Gasteiger partial charge in [0.15, 0.2) is 0 Å². The maximum atomic E-state index is 12.7. The molecule has 8 nitrogen and oxygen atoms in total. The SMILES string of the molecule is Cc1cccc(C(=O)Nc2ccc(NCC(=O)Nc3cccc(C(=O)N4CCOCC4)c3)cc2)c1. The van der Waals surface area contributed by atoms with Crippen molar-refractivity contribution in [3.8, 4) is 0 Å². The summed E-state index contributed by atoms with van der Waals surface area (Å²) < 4.78 is 5.29. The first-order valence-corrected chi connectivity index (χ1v) is 11.5. The summed E-state index contributed by atoms with van der Waals surface area (Å²) in [4.78, 5) is 39.2. The molecular weight excluding hydrogens is 444 g/mol. The summed E-state index contributed by atoms with van der Waals surface area (Å²) in [5.41, 5.74) is 4.11. The van der Waals surface area contributed by atoms with E-state index >= 15 is 0 Å². The standard InChI is InChI=1S/C27H28N4O4/c1-19-4-2-5-20(16-19)26(33)30-23-10-8-22(9-11-23)28-18-25(32)29-24-7-3-6-21(17-24)27(34)31-12-14-35-15-13-31/h2-11,16-17,28H,12-15,18H2,1H3,(H,29,32)(H,30,33). The number of morpholine rings is 1. The van der Waals surface area contributed by atoms with Crippen LogP contribution in [0.5, 0.6) is 0 Å². The van der Waals surface area contributed by atoms with Gasteiger partial charge in [-0.1, -0.05) is 23.8 Å². The van der Waals surface area contributed by atoms with E-state index in [1.165, 1.54) is 0 Å². The normalized spacial score (nSPS) is 13.1. The van der Waals surface area contributed by atoms with Gasteiger partial charge >= 0.3 is 0 Å². The Morgan fingerprint density at radius 2 is 1.49 bits per heavy atom. The van der Waals surface area contributed by atoms with Crippen LogP contribution < -0.4 is 16.0 Å². The predicted molar refractivity (Wildman–Crippen MR) is 136 cm³/mol. The molecule has 8 heteroatoms. The van der Waals surface area contributed by atoms with Gasteiger partial charge in [0.2, 0.25) is 5.91 Å². The van der Waals surface area contributed by atoms with E-state index in [2.05, 4.69) is 16.0 Å². The minimum atomic E-state index is -0.238. The molecule has 0 radical (unpaired) electrons. The molecule has 1 aliphatic rings. The molecule has 3 aromatic rings. The van der Waals surface area contributed by atoms with E-state index in [0.717, 1.165) is 11.3 Å². The van der Waals surface area contributed by atoms with E-state index in [9.17, 15) is 14.4 Å². The maximum Gasteiger partial charge on any atom is 0.255 e. The molecule has 0 aromatic heterocycles. The number of hydrogen-bond donors (Lipinski definition) is 3. The number of aryl methyl sites for hydroxylation is 1. The van der Waals surface area contributed by atoms with Crippen LogP contribution in [0.3, 0.4) is 0 Å². The number of anilines is 3. The monoisotopic (exact) mass is 472 g/mol. The van der Waals surface area contributed by atoms with E-state index in [1.807, 2.05) is 25.1 Å². The van der Waals surface area contributed by atoms with Crippen molar-refractivity contribution >= 4 is 34.8 Å². The van der Waals surface area contributed by atoms with E-state index < -0.39 is 0 Å². The number of amides is 3. The third kappa shape index (κ3) is 6.68. The van der Waals surface area contributed by atoms with Crippen molar-refractivity contribution in [2.45, 2.75) is 6.92 Å². The molecule has 0 unspecified atom stereocenters. The van der Waals surface area contributed by atoms with Gasteiger partial charge < -0.3 is 25.6 Å². The highest BCUT2D eigenvalue weighted by Crippen LogP contribution is 2.16. The van der Waals surface area contributed by atoms with E-state index in [0.29, 0.717) is 48.8 Å². The van der Waals surface area contributed by atoms with Crippen molar-refractivity contribution in [2.24, 2.45) is 0 Å². The van der Waals surface area contributed by atoms with Gasteiger partial charge in [-0.2, -0.15) is 0 Å². The van der Waals surface area contributed by atoms with E-state index in [1.54, 1.807) is 59.5 Å². The van der Waals surface area contributed by atoms with Crippen LogP contribution in [-0.4, -0.2) is 55.5 Å². The topological polar surface area (TPSA) is 99.8 Å². The number of rotatable bonds is 7. The summed E-state index contributed by atoms with van der Waals surface area (Å²) in [6.45, 7) is 4.19. The molecule has 1 aliphatic heterocycles. The van der Waals surface area contributed by atoms with Crippen molar-refractivity contribution in [3.05, 3.63) is 89.5 Å². The van der Waals surface area contributed by atoms with Gasteiger partial charge in [0.1, 0.15) is 0 Å². The molecule has 3 N–H and O–H groups in total. The molecule has 1 fully saturated rings. The Balaban J connectivity index is 1.27. The number of ether oxygens (including phenoxy) is 1. The fraction of sp³-hybridized carbons (Fsp3) is 0.222. The Labute approximate surface area is 204 Å². The molecule has 0 aliphatic carbocycles. The average Bonchev–Trinajstić information content (AvgIpc) is 2.88. The Hall–Kier alpha value is -4.17. The minimum Gasteiger partial charge on any atom is -0.378 e. The van der Waals surface area contributed by atoms with Crippen LogP contribution >= 0.6 is 0 Å². The second-order valence-corrected chi connectivity index (χ2v) is 8.29. The van der Waals surface area contributed by atoms with Crippen molar-refractivity contribution in [1.29, 1.82) is 0 Å². The zero-order valence-electron chi connectivity index (χ0n) is 19.5. The van der Waals surface area contributed by atoms with E-state index in [4.69, 9.17) is 4.74 Å². The minimum absolute atomic E-state index is 0.0522. The summed E-state index contributed by atoms with van der Waals surface area (Å²) in [5, 5.41) is 8.74. The summed E-state index contributed by atoms with van der Waals surface area (Å²) in [6.07, 6.45) is 0. The van der Waals surface area contributed by atoms with Gasteiger partial charge in [-0.25, -0.2) is 0 Å². The lowest BCUT2D eigenvalue weighted by molar-refractivity contribution is -0.114. The number of benzene rings is 3. The van der Waals surface area contributed by atoms with Crippen LogP contribution in [0.2, 0.25) is 0 Å². The largest absolute Gasteiger partial charge is 0.378 e. The number of nitrogens with zero attached hydrogens (tertiary/aromatic N) is 1. The second-order valence-electron chi connectivity index (χ2n) is 8.29. The maximum absolute atomic E-state index is 12.7. The lowest BCUT2D eigenvalue weighted by Gasteiger charge is -2.27. The third-order valence-electron chi connectivity index (χ3n) is 5.57. The number of carbonyl (C=O) groups is 3. The Bertz CT molecular complexity index is 1200. The lowest BCUT2D eigenvalue weighted by atomic mass is 10.1. The van der Waals surface area contributed by atoms with Gasteiger partial charge in [-0.05, 0) is 61.5 Å². The Morgan fingerprint density at radius 1 is 0.800 bits per heavy atom. The molecule has 3 aromatic carbocycles. The molecule has 4 rings (SSSR count). The fourth-order valence-corrected chi connectivity index (χ4v) is 3.73. The van der Waals surface area contributed by atoms with Crippen molar-refractivity contribution < 1.29 is 19.1 Å². The van der Waals surface area contributed by atoms with Crippen LogP contribution in [-0.2, 0) is 9.53 Å². The summed E-state index contributed by atoms with van der Waals surface area (Å²) in [6, 6.07) is 21.4. The van der Waals surface area contributed by atoms with Gasteiger partial charge in [-0.15, -0.1) is 0 Å². The van der Waals surface area contributed by atoms with E-state index in [-0.39, 0.29) is 24.3 Å². The summed E-state index contributed by atoms with van der Waals surface area (Å²) in [5.74, 6) is -0.488. The molecule has 3 amide bonds. The first kappa shape index (κ1) is 24.0. The molecular formula is C27H28N4O4. The van der Waals surface area contributed by atoms with Gasteiger partial charge in [0.05, 0.1) is 19.8 Å². The van der Waals surface area contributed by atoms with Crippen molar-refractivity contribution in [1.82, 2.24) is 4.90 Å². The quantitative estimate of drug-likeness (QED) is 0.486. The number of hydrogen-bond acceptors (Lipinski definition) is 5. The Morgan fingerprint density at radius 3 is 2.23 bits per heavy atom. The molecule has 1 saturated heterocycles. The van der Waals surface area contributed by atoms with Crippen molar-refractivity contribution in [2.75, 3.05) is 48.8 Å². The highest BCUT2D eigenvalue weighted by Gasteiger charge is 2.18. The smallest absolute Gasteiger partial charge is 0.255 e. The summed E-state index contributed by atoms with van der Waals surface area (Å²) >= 11 is 0. The Kier molecular flexibility index (Phi) is 7.74. The van der Waals surface area contributed by atoms with Crippen molar-refractivity contribution in [3.63, 3.8) is 0 Å². The number of carbonyl (C=O) groups excluding carboxylic acids is 3. The van der Waals surface area contributed by atoms with Gasteiger partial charge in [-0.3, -0.25) is 14.4 Å². The molecule has 0 atom stereocenters. The first-order chi connectivity index (χ1) is 17.0. The third-order valence-corrected chi connectivity index (χ3v) is 5.57. The predicted octanol–water partition coefficient (Wildman–Crippen LogP) is 3.77. The zero-order chi connectivity index (χ0) is 24.6. The first-order valence-electron chi connectivity index (χ1n) is 11.5. The second kappa shape index (κ2) is 11.3. The van der Waals surface area contributed by atoms with Crippen LogP contribution in [0.1, 0.15) is 26.3 Å². The van der Waals surface area contributed by atoms with Crippen LogP contribution in [0.25, 0.3) is 0 Å². The molecule has 180 valence electrons. The lowest BCUT2D eigenvalue weighted by Crippen LogP contribution is -2.40. The molecule has 1 heterocycles. The van der Waals surface area contributed by atoms with Crippen LogP contribution in [0.4, 0.5) is 17.1 Å². The molecule has 0 spiro atoms. The zero-order valence-corrected chi connectivity index (χ0v) is 19.5. The van der Waals surface area contributed by atoms with Crippen LogP contribution in [0, 0.1) is 6.92 Å².